The van der Waals surface area contributed by atoms with E-state index in [0.29, 0.717) is 6.47 Å². The molecule has 0 radical (unpaired) electrons. The van der Waals surface area contributed by atoms with Crippen LogP contribution in [0.3, 0.4) is 0 Å². The smallest absolute Gasteiger partial charge is 0.322 e. The maximum Gasteiger partial charge on any atom is 0.322 e. The molecule has 98 valence electrons. The second-order valence-electron chi connectivity index (χ2n) is 4.29. The average molecular weight is 276 g/mol. The number of carbonyl (C=O) groups is 2. The van der Waals surface area contributed by atoms with Crippen LogP contribution in [0.2, 0.25) is 0 Å². The van der Waals surface area contributed by atoms with E-state index in [4.69, 9.17) is 10.5 Å². The number of rotatable bonds is 2. The van der Waals surface area contributed by atoms with Crippen molar-refractivity contribution in [1.29, 1.82) is 0 Å². The number of fused-ring (bicyclic) bond motifs is 2. The molecule has 0 spiro atoms. The van der Waals surface area contributed by atoms with Crippen molar-refractivity contribution in [3.8, 4) is 0 Å². The molecule has 0 saturated carbocycles. The maximum atomic E-state index is 11.7. The summed E-state index contributed by atoms with van der Waals surface area (Å²) in [4.78, 5) is 24.6. The molecule has 1 heterocycles. The summed E-state index contributed by atoms with van der Waals surface area (Å²) in [5.41, 5.74) is 7.69. The van der Waals surface area contributed by atoms with Gasteiger partial charge >= 0.3 is 6.03 Å². The number of ether oxygens (including phenoxy) is 1. The molecule has 3 rings (SSSR count). The number of nitrogens with zero attached hydrogens (tertiary/aromatic N) is 1. The van der Waals surface area contributed by atoms with Crippen LogP contribution in [-0.2, 0) is 16.0 Å². The first-order valence-electron chi connectivity index (χ1n) is 5.88. The van der Waals surface area contributed by atoms with Crippen LogP contribution in [0, 0.1) is 0 Å². The van der Waals surface area contributed by atoms with E-state index in [-0.39, 0.29) is 0 Å². The van der Waals surface area contributed by atoms with Crippen LogP contribution in [0.1, 0.15) is 17.5 Å². The molecule has 19 heavy (non-hydrogen) atoms. The van der Waals surface area contributed by atoms with Crippen molar-refractivity contribution in [3.63, 3.8) is 0 Å². The second-order valence-corrected chi connectivity index (χ2v) is 5.43. The van der Waals surface area contributed by atoms with E-state index in [0.717, 1.165) is 29.0 Å². The Morgan fingerprint density at radius 1 is 1.42 bits per heavy atom. The Morgan fingerprint density at radius 3 is 2.95 bits per heavy atom. The van der Waals surface area contributed by atoms with Crippen LogP contribution in [-0.4, -0.2) is 23.0 Å². The molecule has 1 aromatic rings. The quantitative estimate of drug-likeness (QED) is 0.837. The van der Waals surface area contributed by atoms with Gasteiger partial charge in [-0.15, -0.1) is 0 Å². The van der Waals surface area contributed by atoms with Crippen LogP contribution in [0.15, 0.2) is 29.2 Å². The third-order valence-electron chi connectivity index (χ3n) is 3.26. The second kappa shape index (κ2) is 4.62. The number of thioether (sulfide) groups is 1. The number of amides is 2. The number of benzene rings is 1. The summed E-state index contributed by atoms with van der Waals surface area (Å²) in [5.74, 6) is 0. The lowest BCUT2D eigenvalue weighted by Gasteiger charge is -2.25. The Hall–Kier alpha value is -1.95. The lowest BCUT2D eigenvalue weighted by Crippen LogP contribution is -2.39. The fraction of sp³-hybridized carbons (Fsp3) is 0.231. The molecule has 0 aromatic heterocycles. The Labute approximate surface area is 114 Å². The fourth-order valence-electron chi connectivity index (χ4n) is 2.50. The van der Waals surface area contributed by atoms with Gasteiger partial charge in [0.25, 0.3) is 6.47 Å². The molecule has 2 N–H and O–H groups in total. The molecular formula is C13H12N2O3S. The topological polar surface area (TPSA) is 72.6 Å². The van der Waals surface area contributed by atoms with Crippen molar-refractivity contribution in [2.24, 2.45) is 5.73 Å². The highest BCUT2D eigenvalue weighted by Gasteiger charge is 2.40. The van der Waals surface area contributed by atoms with Crippen LogP contribution in [0.25, 0.3) is 5.70 Å². The lowest BCUT2D eigenvalue weighted by atomic mass is 9.94. The maximum absolute atomic E-state index is 11.7. The van der Waals surface area contributed by atoms with E-state index in [1.807, 2.05) is 24.3 Å². The largest absolute Gasteiger partial charge is 0.433 e. The van der Waals surface area contributed by atoms with Crippen molar-refractivity contribution < 1.29 is 14.3 Å². The zero-order valence-electron chi connectivity index (χ0n) is 10.0. The van der Waals surface area contributed by atoms with E-state index in [1.165, 1.54) is 22.2 Å². The molecular weight excluding hydrogens is 264 g/mol. The van der Waals surface area contributed by atoms with E-state index in [2.05, 4.69) is 0 Å². The minimum atomic E-state index is -0.689. The molecule has 1 aliphatic heterocycles. The number of urea groups is 1. The van der Waals surface area contributed by atoms with Gasteiger partial charge in [0.1, 0.15) is 0 Å². The first kappa shape index (κ1) is 12.1. The third-order valence-corrected chi connectivity index (χ3v) is 4.47. The molecule has 1 atom stereocenters. The molecule has 0 fully saturated rings. The fourth-order valence-corrected chi connectivity index (χ4v) is 3.69. The van der Waals surface area contributed by atoms with Crippen molar-refractivity contribution >= 4 is 30.0 Å². The minimum absolute atomic E-state index is 0.345. The van der Waals surface area contributed by atoms with Gasteiger partial charge in [-0.3, -0.25) is 4.79 Å². The van der Waals surface area contributed by atoms with Gasteiger partial charge in [0.05, 0.1) is 5.70 Å². The number of hydrogen-bond donors (Lipinski definition) is 1. The van der Waals surface area contributed by atoms with Crippen LogP contribution >= 0.6 is 11.8 Å². The Bertz CT molecular complexity index is 585. The summed E-state index contributed by atoms with van der Waals surface area (Å²) in [7, 11) is 0. The molecule has 6 heteroatoms. The predicted octanol–water partition coefficient (Wildman–Crippen LogP) is 1.89. The van der Waals surface area contributed by atoms with Gasteiger partial charge in [-0.1, -0.05) is 36.0 Å². The van der Waals surface area contributed by atoms with E-state index in [1.54, 1.807) is 0 Å². The zero-order chi connectivity index (χ0) is 13.4. The number of nitrogens with two attached hydrogens (primary N) is 1. The van der Waals surface area contributed by atoms with Gasteiger partial charge in [-0.2, -0.15) is 0 Å². The first-order valence-corrected chi connectivity index (χ1v) is 6.76. The Morgan fingerprint density at radius 2 is 2.21 bits per heavy atom. The van der Waals surface area contributed by atoms with Crippen LogP contribution in [0.5, 0.6) is 0 Å². The van der Waals surface area contributed by atoms with Gasteiger partial charge in [0.2, 0.25) is 5.56 Å². The number of allylic oxidation sites excluding steroid dienone is 1. The highest BCUT2D eigenvalue weighted by Crippen LogP contribution is 2.48. The molecule has 2 aliphatic rings. The monoisotopic (exact) mass is 276 g/mol. The Kier molecular flexibility index (Phi) is 2.94. The van der Waals surface area contributed by atoms with Gasteiger partial charge in [-0.25, -0.2) is 9.69 Å². The van der Waals surface area contributed by atoms with Crippen molar-refractivity contribution in [3.05, 3.63) is 40.3 Å². The third kappa shape index (κ3) is 1.88. The van der Waals surface area contributed by atoms with Crippen molar-refractivity contribution in [2.75, 3.05) is 0 Å². The van der Waals surface area contributed by atoms with Crippen LogP contribution < -0.4 is 5.73 Å². The standard InChI is InChI=1S/C13H12N2O3S/c14-12(17)15-11-9-4-2-1-3-8(9)5-6-10(11)19-13(15)18-7-16/h1-4,7,13H,5-6H2,(H2,14,17). The molecule has 1 aromatic carbocycles. The van der Waals surface area contributed by atoms with Gasteiger partial charge in [0, 0.05) is 10.5 Å². The normalized spacial score (nSPS) is 20.8. The van der Waals surface area contributed by atoms with Crippen molar-refractivity contribution in [2.45, 2.75) is 18.4 Å². The summed E-state index contributed by atoms with van der Waals surface area (Å²) < 4.78 is 4.95. The van der Waals surface area contributed by atoms with Crippen LogP contribution in [0.4, 0.5) is 4.79 Å². The summed E-state index contributed by atoms with van der Waals surface area (Å²) in [6.07, 6.45) is 1.75. The highest BCUT2D eigenvalue weighted by molar-refractivity contribution is 8.04. The first-order chi connectivity index (χ1) is 9.22. The SMILES string of the molecule is NC(=O)N1C2=C(CCc3ccccc32)SC1OC=O. The molecule has 1 aliphatic carbocycles. The van der Waals surface area contributed by atoms with E-state index >= 15 is 0 Å². The Balaban J connectivity index is 2.07. The number of primary amides is 1. The molecule has 2 amide bonds. The van der Waals surface area contributed by atoms with Gasteiger partial charge in [0.15, 0.2) is 0 Å². The van der Waals surface area contributed by atoms with E-state index in [9.17, 15) is 9.59 Å². The lowest BCUT2D eigenvalue weighted by molar-refractivity contribution is -0.132. The molecule has 1 unspecified atom stereocenters. The van der Waals surface area contributed by atoms with Gasteiger partial charge < -0.3 is 10.5 Å². The number of aryl methyl sites for hydroxylation is 1. The molecule has 5 nitrogen and oxygen atoms in total. The summed E-state index contributed by atoms with van der Waals surface area (Å²) in [6, 6.07) is 7.29. The number of hydrogen-bond acceptors (Lipinski definition) is 4. The summed E-state index contributed by atoms with van der Waals surface area (Å²) >= 11 is 1.37. The van der Waals surface area contributed by atoms with Gasteiger partial charge in [-0.05, 0) is 18.4 Å². The predicted molar refractivity (Wildman–Crippen MR) is 71.6 cm³/mol. The van der Waals surface area contributed by atoms with E-state index < -0.39 is 11.6 Å². The van der Waals surface area contributed by atoms with Crippen molar-refractivity contribution in [1.82, 2.24) is 4.90 Å². The molecule has 0 saturated heterocycles. The summed E-state index contributed by atoms with van der Waals surface area (Å²) in [5, 5.41) is 0. The number of carbonyl (C=O) groups excluding carboxylic acids is 2. The average Bonchev–Trinajstić information content (AvgIpc) is 2.77. The highest BCUT2D eigenvalue weighted by atomic mass is 32.2. The molecule has 0 bridgehead atoms. The summed E-state index contributed by atoms with van der Waals surface area (Å²) in [6.45, 7) is 0.345. The zero-order valence-corrected chi connectivity index (χ0v) is 10.9. The minimum Gasteiger partial charge on any atom is -0.433 e.